The summed E-state index contributed by atoms with van der Waals surface area (Å²) in [6.07, 6.45) is 1.66. The summed E-state index contributed by atoms with van der Waals surface area (Å²) in [6.45, 7) is 11.1. The Hall–Kier alpha value is -0.610. The van der Waals surface area contributed by atoms with Crippen LogP contribution in [0.3, 0.4) is 0 Å². The molecular formula is C13H26N2O2. The normalized spacial score (nSPS) is 20.5. The van der Waals surface area contributed by atoms with Gasteiger partial charge in [0.25, 0.3) is 0 Å². The van der Waals surface area contributed by atoms with Gasteiger partial charge < -0.3 is 10.1 Å². The van der Waals surface area contributed by atoms with Crippen LogP contribution in [0.25, 0.3) is 0 Å². The molecule has 4 nitrogen and oxygen atoms in total. The highest BCUT2D eigenvalue weighted by Crippen LogP contribution is 2.11. The Kier molecular flexibility index (Phi) is 5.92. The second-order valence-corrected chi connectivity index (χ2v) is 5.22. The number of hydrogen-bond donors (Lipinski definition) is 1. The zero-order valence-electron chi connectivity index (χ0n) is 11.5. The summed E-state index contributed by atoms with van der Waals surface area (Å²) in [5.74, 6) is 0.0509. The highest BCUT2D eigenvalue weighted by atomic mass is 16.5. The average molecular weight is 242 g/mol. The van der Waals surface area contributed by atoms with Gasteiger partial charge in [0.1, 0.15) is 6.10 Å². The van der Waals surface area contributed by atoms with E-state index in [0.717, 1.165) is 26.0 Å². The third-order valence-electron chi connectivity index (χ3n) is 3.22. The highest BCUT2D eigenvalue weighted by molar-refractivity contribution is 5.80. The van der Waals surface area contributed by atoms with Gasteiger partial charge in [0.15, 0.2) is 0 Å². The van der Waals surface area contributed by atoms with Gasteiger partial charge in [-0.15, -0.1) is 0 Å². The minimum atomic E-state index is -0.207. The molecule has 0 radical (unpaired) electrons. The predicted octanol–water partition coefficient (Wildman–Crippen LogP) is 1.40. The monoisotopic (exact) mass is 242 g/mol. The van der Waals surface area contributed by atoms with Crippen LogP contribution < -0.4 is 5.32 Å². The van der Waals surface area contributed by atoms with Crippen LogP contribution in [0.15, 0.2) is 0 Å². The third-order valence-corrected chi connectivity index (χ3v) is 3.22. The number of hydrogen-bond acceptors (Lipinski definition) is 3. The summed E-state index contributed by atoms with van der Waals surface area (Å²) < 4.78 is 5.34. The summed E-state index contributed by atoms with van der Waals surface area (Å²) in [5.41, 5.74) is 0. The molecule has 1 rings (SSSR count). The van der Waals surface area contributed by atoms with Gasteiger partial charge in [-0.05, 0) is 40.5 Å². The molecule has 1 saturated heterocycles. The van der Waals surface area contributed by atoms with Crippen LogP contribution in [-0.4, -0.2) is 48.7 Å². The standard InChI is InChI=1S/C13H26N2O2/c1-10(2)15(11(3)4)8-7-14-13(16)12-6-5-9-17-12/h10-12H,5-9H2,1-4H3,(H,14,16). The topological polar surface area (TPSA) is 41.6 Å². The number of amides is 1. The van der Waals surface area contributed by atoms with Gasteiger partial charge in [-0.2, -0.15) is 0 Å². The molecule has 0 spiro atoms. The molecule has 4 heteroatoms. The lowest BCUT2D eigenvalue weighted by molar-refractivity contribution is -0.130. The maximum atomic E-state index is 11.7. The molecule has 1 fully saturated rings. The lowest BCUT2D eigenvalue weighted by Gasteiger charge is -2.30. The first-order valence-electron chi connectivity index (χ1n) is 6.67. The summed E-state index contributed by atoms with van der Waals surface area (Å²) in [7, 11) is 0. The van der Waals surface area contributed by atoms with Crippen molar-refractivity contribution in [2.75, 3.05) is 19.7 Å². The molecule has 0 aliphatic carbocycles. The SMILES string of the molecule is CC(C)N(CCNC(=O)C1CCCO1)C(C)C. The van der Waals surface area contributed by atoms with E-state index >= 15 is 0 Å². The minimum Gasteiger partial charge on any atom is -0.368 e. The van der Waals surface area contributed by atoms with E-state index in [2.05, 4.69) is 37.9 Å². The van der Waals surface area contributed by atoms with E-state index < -0.39 is 0 Å². The van der Waals surface area contributed by atoms with Crippen LogP contribution in [0, 0.1) is 0 Å². The van der Waals surface area contributed by atoms with Crippen molar-refractivity contribution in [1.29, 1.82) is 0 Å². The first-order valence-corrected chi connectivity index (χ1v) is 6.67. The van der Waals surface area contributed by atoms with Crippen molar-refractivity contribution < 1.29 is 9.53 Å². The molecule has 1 atom stereocenters. The fourth-order valence-corrected chi connectivity index (χ4v) is 2.32. The van der Waals surface area contributed by atoms with Crippen LogP contribution >= 0.6 is 0 Å². The summed E-state index contributed by atoms with van der Waals surface area (Å²) in [6, 6.07) is 1.02. The molecule has 100 valence electrons. The molecular weight excluding hydrogens is 216 g/mol. The van der Waals surface area contributed by atoms with E-state index in [9.17, 15) is 4.79 Å². The molecule has 1 aliphatic heterocycles. The van der Waals surface area contributed by atoms with Gasteiger partial charge in [-0.3, -0.25) is 9.69 Å². The molecule has 0 aromatic heterocycles. The molecule has 1 unspecified atom stereocenters. The van der Waals surface area contributed by atoms with Gasteiger partial charge in [0, 0.05) is 31.8 Å². The Morgan fingerprint density at radius 2 is 2.00 bits per heavy atom. The van der Waals surface area contributed by atoms with Crippen molar-refractivity contribution in [2.24, 2.45) is 0 Å². The Balaban J connectivity index is 2.23. The van der Waals surface area contributed by atoms with E-state index in [-0.39, 0.29) is 12.0 Å². The van der Waals surface area contributed by atoms with E-state index in [0.29, 0.717) is 18.6 Å². The van der Waals surface area contributed by atoms with Crippen molar-refractivity contribution in [2.45, 2.75) is 58.7 Å². The largest absolute Gasteiger partial charge is 0.368 e. The number of carbonyl (C=O) groups excluding carboxylic acids is 1. The maximum Gasteiger partial charge on any atom is 0.249 e. The zero-order valence-corrected chi connectivity index (χ0v) is 11.5. The Bertz CT molecular complexity index is 228. The molecule has 0 aromatic rings. The van der Waals surface area contributed by atoms with Crippen LogP contribution in [-0.2, 0) is 9.53 Å². The van der Waals surface area contributed by atoms with Crippen molar-refractivity contribution >= 4 is 5.91 Å². The fourth-order valence-electron chi connectivity index (χ4n) is 2.32. The molecule has 1 amide bonds. The highest BCUT2D eigenvalue weighted by Gasteiger charge is 2.23. The van der Waals surface area contributed by atoms with E-state index in [4.69, 9.17) is 4.74 Å². The van der Waals surface area contributed by atoms with Gasteiger partial charge >= 0.3 is 0 Å². The molecule has 0 saturated carbocycles. The Labute approximate surface area is 105 Å². The lowest BCUT2D eigenvalue weighted by Crippen LogP contribution is -2.44. The van der Waals surface area contributed by atoms with Crippen molar-refractivity contribution in [3.63, 3.8) is 0 Å². The van der Waals surface area contributed by atoms with Crippen molar-refractivity contribution in [1.82, 2.24) is 10.2 Å². The number of nitrogens with one attached hydrogen (secondary N) is 1. The first-order chi connectivity index (χ1) is 8.02. The van der Waals surface area contributed by atoms with Crippen LogP contribution in [0.1, 0.15) is 40.5 Å². The number of rotatable bonds is 6. The molecule has 0 bridgehead atoms. The van der Waals surface area contributed by atoms with E-state index in [1.54, 1.807) is 0 Å². The van der Waals surface area contributed by atoms with Gasteiger partial charge in [-0.1, -0.05) is 0 Å². The fraction of sp³-hybridized carbons (Fsp3) is 0.923. The molecule has 0 aromatic carbocycles. The molecule has 17 heavy (non-hydrogen) atoms. The number of ether oxygens (including phenoxy) is 1. The minimum absolute atomic E-state index is 0.0509. The van der Waals surface area contributed by atoms with Crippen LogP contribution in [0.2, 0.25) is 0 Å². The molecule has 1 aliphatic rings. The quantitative estimate of drug-likeness (QED) is 0.765. The third kappa shape index (κ3) is 4.64. The smallest absolute Gasteiger partial charge is 0.249 e. The molecule has 1 N–H and O–H groups in total. The second-order valence-electron chi connectivity index (χ2n) is 5.22. The first kappa shape index (κ1) is 14.5. The van der Waals surface area contributed by atoms with Gasteiger partial charge in [-0.25, -0.2) is 0 Å². The summed E-state index contributed by atoms with van der Waals surface area (Å²) in [5, 5.41) is 2.96. The number of nitrogens with zero attached hydrogens (tertiary/aromatic N) is 1. The summed E-state index contributed by atoms with van der Waals surface area (Å²) >= 11 is 0. The average Bonchev–Trinajstić information content (AvgIpc) is 2.76. The predicted molar refractivity (Wildman–Crippen MR) is 69.0 cm³/mol. The zero-order chi connectivity index (χ0) is 12.8. The van der Waals surface area contributed by atoms with Crippen molar-refractivity contribution in [3.05, 3.63) is 0 Å². The summed E-state index contributed by atoms with van der Waals surface area (Å²) in [4.78, 5) is 14.1. The van der Waals surface area contributed by atoms with Crippen molar-refractivity contribution in [3.8, 4) is 0 Å². The second kappa shape index (κ2) is 6.97. The van der Waals surface area contributed by atoms with E-state index in [1.165, 1.54) is 0 Å². The van der Waals surface area contributed by atoms with Crippen LogP contribution in [0.5, 0.6) is 0 Å². The maximum absolute atomic E-state index is 11.7. The van der Waals surface area contributed by atoms with Gasteiger partial charge in [0.05, 0.1) is 0 Å². The molecule has 1 heterocycles. The van der Waals surface area contributed by atoms with Crippen LogP contribution in [0.4, 0.5) is 0 Å². The lowest BCUT2D eigenvalue weighted by atomic mass is 10.2. The van der Waals surface area contributed by atoms with Gasteiger partial charge in [0.2, 0.25) is 5.91 Å². The Morgan fingerprint density at radius 3 is 2.47 bits per heavy atom. The Morgan fingerprint density at radius 1 is 1.35 bits per heavy atom. The van der Waals surface area contributed by atoms with E-state index in [1.807, 2.05) is 0 Å². The number of carbonyl (C=O) groups is 1.